The molecule has 2 aromatic rings. The van der Waals surface area contributed by atoms with Crippen molar-refractivity contribution in [2.75, 3.05) is 14.2 Å². The molecule has 2 aromatic carbocycles. The van der Waals surface area contributed by atoms with Gasteiger partial charge in [0.2, 0.25) is 9.23 Å². The Labute approximate surface area is 204 Å². The highest BCUT2D eigenvalue weighted by Gasteiger charge is 2.24. The molecule has 2 atom stereocenters. The minimum absolute atomic E-state index is 0.181. The molecule has 2 aliphatic heterocycles. The lowest BCUT2D eigenvalue weighted by molar-refractivity contribution is -0.143. The second kappa shape index (κ2) is 15.8. The Balaban J connectivity index is 0.000000268. The summed E-state index contributed by atoms with van der Waals surface area (Å²) in [4.78, 5) is 22.0. The largest absolute Gasteiger partial charge is 0.480 e. The van der Waals surface area contributed by atoms with E-state index in [0.717, 1.165) is 25.6 Å². The van der Waals surface area contributed by atoms with E-state index in [1.54, 1.807) is 0 Å². The Bertz CT molecular complexity index is 927. The summed E-state index contributed by atoms with van der Waals surface area (Å²) in [6.45, 7) is 1.41. The molecular weight excluding hydrogens is 491 g/mol. The van der Waals surface area contributed by atoms with Crippen LogP contribution in [0.3, 0.4) is 0 Å². The first-order valence-corrected chi connectivity index (χ1v) is 12.7. The summed E-state index contributed by atoms with van der Waals surface area (Å²) >= 11 is 0. The van der Waals surface area contributed by atoms with Crippen LogP contribution in [0.5, 0.6) is 0 Å². The van der Waals surface area contributed by atoms with E-state index in [4.69, 9.17) is 19.2 Å². The van der Waals surface area contributed by atoms with E-state index in [1.807, 2.05) is 36.4 Å². The number of aliphatic hydroxyl groups excluding tert-OH is 1. The van der Waals surface area contributed by atoms with Crippen molar-refractivity contribution in [3.8, 4) is 0 Å². The van der Waals surface area contributed by atoms with Gasteiger partial charge in [-0.1, -0.05) is 48.5 Å². The van der Waals surface area contributed by atoms with Crippen molar-refractivity contribution in [3.63, 3.8) is 0 Å². The number of aliphatic carboxylic acids is 1. The van der Waals surface area contributed by atoms with Crippen molar-refractivity contribution in [2.24, 2.45) is 0 Å². The van der Waals surface area contributed by atoms with Gasteiger partial charge in [0.15, 0.2) is 0 Å². The summed E-state index contributed by atoms with van der Waals surface area (Å²) in [5, 5.41) is 21.9. The van der Waals surface area contributed by atoms with Crippen LogP contribution < -0.4 is 10.6 Å². The molecule has 2 heterocycles. The zero-order valence-electron chi connectivity index (χ0n) is 18.3. The molecule has 182 valence electrons. The molecule has 0 aromatic heterocycles. The zero-order chi connectivity index (χ0) is 24.8. The standard InChI is InChI=1S/C11H13NO2.C10H11NO2.CH4O.Cl2OS/c1-14-11(13)10-6-8-4-2-3-5-9(8)7-12-10;12-10(13)9-5-7-3-1-2-4-8(7)6-11-9;1-2;1-4(2)3/h2-5,10,12H,6-7H2,1H3;1-4,9,11H,5-6H2,(H,12,13);2H,1H3;. The lowest BCUT2D eigenvalue weighted by Gasteiger charge is -2.23. The number of esters is 1. The minimum Gasteiger partial charge on any atom is -0.480 e. The molecule has 4 N–H and O–H groups in total. The molecule has 2 unspecified atom stereocenters. The highest BCUT2D eigenvalue weighted by atomic mass is 36.0. The van der Waals surface area contributed by atoms with Crippen molar-refractivity contribution in [2.45, 2.75) is 38.0 Å². The van der Waals surface area contributed by atoms with Gasteiger partial charge in [-0.25, -0.2) is 4.21 Å². The maximum Gasteiger partial charge on any atom is 0.323 e. The fourth-order valence-electron chi connectivity index (χ4n) is 3.39. The number of rotatable bonds is 2. The van der Waals surface area contributed by atoms with Crippen LogP contribution >= 0.6 is 21.4 Å². The van der Waals surface area contributed by atoms with E-state index in [-0.39, 0.29) is 12.0 Å². The number of methoxy groups -OCH3 is 1. The molecule has 0 spiro atoms. The lowest BCUT2D eigenvalue weighted by atomic mass is 9.96. The van der Waals surface area contributed by atoms with Crippen molar-refractivity contribution in [3.05, 3.63) is 70.8 Å². The van der Waals surface area contributed by atoms with Crippen LogP contribution in [0.2, 0.25) is 0 Å². The van der Waals surface area contributed by atoms with Crippen molar-refractivity contribution >= 4 is 42.5 Å². The predicted octanol–water partition coefficient (Wildman–Crippen LogP) is 2.31. The van der Waals surface area contributed by atoms with E-state index >= 15 is 0 Å². The first-order valence-electron chi connectivity index (χ1n) is 9.91. The SMILES string of the molecule is CO.COC(=O)C1Cc2ccccc2CN1.O=C(O)C1Cc2ccccc2CN1.O=S(Cl)Cl. The van der Waals surface area contributed by atoms with E-state index in [1.165, 1.54) is 23.8 Å². The normalized spacial score (nSPS) is 17.9. The van der Waals surface area contributed by atoms with E-state index in [9.17, 15) is 9.59 Å². The second-order valence-corrected chi connectivity index (χ2v) is 9.38. The third-order valence-electron chi connectivity index (χ3n) is 4.95. The first kappa shape index (κ1) is 29.0. The second-order valence-electron chi connectivity index (χ2n) is 6.86. The quantitative estimate of drug-likeness (QED) is 0.352. The monoisotopic (exact) mass is 518 g/mol. The summed E-state index contributed by atoms with van der Waals surface area (Å²) in [5.41, 5.74) is 4.86. The van der Waals surface area contributed by atoms with Crippen LogP contribution in [0.15, 0.2) is 48.5 Å². The molecule has 0 bridgehead atoms. The maximum absolute atomic E-state index is 11.3. The molecule has 8 nitrogen and oxygen atoms in total. The Kier molecular flexibility index (Phi) is 13.9. The van der Waals surface area contributed by atoms with Crippen molar-refractivity contribution in [1.29, 1.82) is 0 Å². The van der Waals surface area contributed by atoms with Crippen LogP contribution in [0.4, 0.5) is 0 Å². The Morgan fingerprint density at radius 3 is 1.64 bits per heavy atom. The van der Waals surface area contributed by atoms with Gasteiger partial charge in [-0.05, 0) is 35.1 Å². The predicted molar refractivity (Wildman–Crippen MR) is 129 cm³/mol. The number of ether oxygens (including phenoxy) is 1. The molecule has 0 saturated carbocycles. The van der Waals surface area contributed by atoms with Gasteiger partial charge < -0.3 is 25.6 Å². The number of hydrogen-bond acceptors (Lipinski definition) is 7. The van der Waals surface area contributed by atoms with Gasteiger partial charge in [0.25, 0.3) is 0 Å². The fraction of sp³-hybridized carbons (Fsp3) is 0.364. The third kappa shape index (κ3) is 10.2. The number of carboxylic acid groups (broad SMARTS) is 1. The molecule has 0 fully saturated rings. The molecular formula is C22H28Cl2N2O6S. The van der Waals surface area contributed by atoms with Gasteiger partial charge in [-0.15, -0.1) is 0 Å². The molecule has 0 saturated heterocycles. The maximum atomic E-state index is 11.3. The van der Waals surface area contributed by atoms with Gasteiger partial charge in [-0.3, -0.25) is 9.59 Å². The highest BCUT2D eigenvalue weighted by molar-refractivity contribution is 8.26. The Morgan fingerprint density at radius 2 is 1.24 bits per heavy atom. The molecule has 33 heavy (non-hydrogen) atoms. The number of halogens is 2. The Hall–Kier alpha value is -2.01. The number of fused-ring (bicyclic) bond motifs is 2. The number of nitrogens with one attached hydrogen (secondary N) is 2. The van der Waals surface area contributed by atoms with Gasteiger partial charge in [0, 0.05) is 41.6 Å². The van der Waals surface area contributed by atoms with E-state index in [0.29, 0.717) is 13.0 Å². The molecule has 2 aliphatic rings. The number of hydrogen-bond donors (Lipinski definition) is 4. The van der Waals surface area contributed by atoms with E-state index < -0.39 is 21.2 Å². The summed E-state index contributed by atoms with van der Waals surface area (Å²) in [5.74, 6) is -0.950. The number of carbonyl (C=O) groups is 2. The average molecular weight is 519 g/mol. The van der Waals surface area contributed by atoms with Crippen LogP contribution in [0.1, 0.15) is 22.3 Å². The van der Waals surface area contributed by atoms with Crippen molar-refractivity contribution < 1.29 is 28.7 Å². The van der Waals surface area contributed by atoms with Crippen LogP contribution in [0.25, 0.3) is 0 Å². The number of benzene rings is 2. The van der Waals surface area contributed by atoms with Crippen LogP contribution in [-0.4, -0.2) is 52.7 Å². The molecule has 0 amide bonds. The summed E-state index contributed by atoms with van der Waals surface area (Å²) in [6.07, 6.45) is 1.31. The molecule has 11 heteroatoms. The molecule has 0 aliphatic carbocycles. The highest BCUT2D eigenvalue weighted by Crippen LogP contribution is 2.17. The van der Waals surface area contributed by atoms with Gasteiger partial charge in [-0.2, -0.15) is 0 Å². The summed E-state index contributed by atoms with van der Waals surface area (Å²) in [7, 11) is 9.78. The third-order valence-corrected chi connectivity index (χ3v) is 4.95. The van der Waals surface area contributed by atoms with E-state index in [2.05, 4.69) is 44.1 Å². The average Bonchev–Trinajstić information content (AvgIpc) is 2.84. The first-order chi connectivity index (χ1) is 15.8. The summed E-state index contributed by atoms with van der Waals surface area (Å²) < 4.78 is 13.8. The Morgan fingerprint density at radius 1 is 0.879 bits per heavy atom. The molecule has 4 rings (SSSR count). The lowest BCUT2D eigenvalue weighted by Crippen LogP contribution is -2.42. The van der Waals surface area contributed by atoms with Gasteiger partial charge in [0.1, 0.15) is 12.1 Å². The zero-order valence-corrected chi connectivity index (χ0v) is 20.6. The minimum atomic E-state index is -1.67. The smallest absolute Gasteiger partial charge is 0.323 e. The summed E-state index contributed by atoms with van der Waals surface area (Å²) in [6, 6.07) is 15.5. The topological polar surface area (TPSA) is 125 Å². The van der Waals surface area contributed by atoms with Gasteiger partial charge >= 0.3 is 11.9 Å². The van der Waals surface area contributed by atoms with Gasteiger partial charge in [0.05, 0.1) is 7.11 Å². The number of aliphatic hydroxyl groups is 1. The van der Waals surface area contributed by atoms with Crippen LogP contribution in [0, 0.1) is 0 Å². The van der Waals surface area contributed by atoms with Crippen LogP contribution in [-0.2, 0) is 49.5 Å². The van der Waals surface area contributed by atoms with Crippen molar-refractivity contribution in [1.82, 2.24) is 10.6 Å². The number of carbonyl (C=O) groups excluding carboxylic acids is 1. The number of carboxylic acids is 1. The fourth-order valence-corrected chi connectivity index (χ4v) is 3.39. The molecule has 0 radical (unpaired) electrons.